The number of rotatable bonds is 8. The Balaban J connectivity index is 1.67. The van der Waals surface area contributed by atoms with Crippen molar-refractivity contribution in [3.05, 3.63) is 52.7 Å². The molecule has 0 aliphatic rings. The molecule has 0 bridgehead atoms. The highest BCUT2D eigenvalue weighted by molar-refractivity contribution is 7.09. The second-order valence-electron chi connectivity index (χ2n) is 4.43. The van der Waals surface area contributed by atoms with Gasteiger partial charge in [-0.05, 0) is 42.8 Å². The highest BCUT2D eigenvalue weighted by atomic mass is 32.1. The number of para-hydroxylation sites is 1. The van der Waals surface area contributed by atoms with Gasteiger partial charge in [0.05, 0.1) is 6.61 Å². The Morgan fingerprint density at radius 3 is 2.63 bits per heavy atom. The predicted octanol–water partition coefficient (Wildman–Crippen LogP) is 2.98. The number of aryl methyl sites for hydroxylation is 1. The third-order valence-corrected chi connectivity index (χ3v) is 3.97. The fourth-order valence-electron chi connectivity index (χ4n) is 1.92. The molecule has 3 nitrogen and oxygen atoms in total. The Morgan fingerprint density at radius 2 is 1.95 bits per heavy atom. The van der Waals surface area contributed by atoms with Gasteiger partial charge in [-0.15, -0.1) is 11.3 Å². The van der Waals surface area contributed by atoms with E-state index >= 15 is 0 Å². The van der Waals surface area contributed by atoms with Gasteiger partial charge in [0, 0.05) is 10.9 Å². The normalized spacial score (nSPS) is 12.3. The first-order valence-corrected chi connectivity index (χ1v) is 7.43. The molecule has 0 aliphatic heterocycles. The Morgan fingerprint density at radius 1 is 1.11 bits per heavy atom. The van der Waals surface area contributed by atoms with E-state index in [1.54, 1.807) is 11.3 Å². The SMILES string of the molecule is NNC(CCOc1ccccc1)CCc1cccs1. The number of ether oxygens (including phenoxy) is 1. The lowest BCUT2D eigenvalue weighted by atomic mass is 10.1. The Bertz CT molecular complexity index is 444. The van der Waals surface area contributed by atoms with E-state index in [1.165, 1.54) is 4.88 Å². The Hall–Kier alpha value is -1.36. The molecule has 2 aromatic rings. The summed E-state index contributed by atoms with van der Waals surface area (Å²) in [6.45, 7) is 0.684. The first-order chi connectivity index (χ1) is 9.38. The molecular formula is C15H20N2OS. The van der Waals surface area contributed by atoms with Crippen LogP contribution in [0.3, 0.4) is 0 Å². The first-order valence-electron chi connectivity index (χ1n) is 6.55. The molecule has 2 rings (SSSR count). The molecule has 0 radical (unpaired) electrons. The molecule has 1 aromatic carbocycles. The van der Waals surface area contributed by atoms with E-state index in [4.69, 9.17) is 10.6 Å². The second-order valence-corrected chi connectivity index (χ2v) is 5.46. The van der Waals surface area contributed by atoms with Crippen LogP contribution in [-0.2, 0) is 6.42 Å². The molecule has 1 atom stereocenters. The van der Waals surface area contributed by atoms with Crippen LogP contribution in [0, 0.1) is 0 Å². The van der Waals surface area contributed by atoms with E-state index in [-0.39, 0.29) is 0 Å². The van der Waals surface area contributed by atoms with Crippen LogP contribution in [0.5, 0.6) is 5.75 Å². The van der Waals surface area contributed by atoms with Crippen molar-refractivity contribution in [2.75, 3.05) is 6.61 Å². The van der Waals surface area contributed by atoms with Gasteiger partial charge in [0.15, 0.2) is 0 Å². The standard InChI is InChI=1S/C15H20N2OS/c16-17-13(8-9-15-7-4-12-19-15)10-11-18-14-5-2-1-3-6-14/h1-7,12-13,17H,8-11,16H2. The summed E-state index contributed by atoms with van der Waals surface area (Å²) in [4.78, 5) is 1.41. The highest BCUT2D eigenvalue weighted by Crippen LogP contribution is 2.14. The number of nitrogens with one attached hydrogen (secondary N) is 1. The van der Waals surface area contributed by atoms with Gasteiger partial charge in [-0.2, -0.15) is 0 Å². The summed E-state index contributed by atoms with van der Waals surface area (Å²) >= 11 is 1.80. The van der Waals surface area contributed by atoms with Gasteiger partial charge in [0.25, 0.3) is 0 Å². The first kappa shape index (κ1) is 14.1. The molecule has 0 aliphatic carbocycles. The quantitative estimate of drug-likeness (QED) is 0.575. The molecule has 1 unspecified atom stereocenters. The topological polar surface area (TPSA) is 47.3 Å². The second kappa shape index (κ2) is 7.94. The fraction of sp³-hybridized carbons (Fsp3) is 0.333. The molecule has 0 saturated carbocycles. The number of benzene rings is 1. The molecule has 19 heavy (non-hydrogen) atoms. The van der Waals surface area contributed by atoms with Crippen molar-refractivity contribution < 1.29 is 4.74 Å². The van der Waals surface area contributed by atoms with Crippen LogP contribution in [0.25, 0.3) is 0 Å². The average molecular weight is 276 g/mol. The predicted molar refractivity (Wildman–Crippen MR) is 80.3 cm³/mol. The summed E-state index contributed by atoms with van der Waals surface area (Å²) < 4.78 is 5.68. The fourth-order valence-corrected chi connectivity index (χ4v) is 2.64. The molecule has 102 valence electrons. The van der Waals surface area contributed by atoms with Gasteiger partial charge in [-0.3, -0.25) is 11.3 Å². The minimum Gasteiger partial charge on any atom is -0.494 e. The summed E-state index contributed by atoms with van der Waals surface area (Å²) in [5, 5.41) is 2.11. The number of thiophene rings is 1. The van der Waals surface area contributed by atoms with Crippen LogP contribution in [-0.4, -0.2) is 12.6 Å². The number of hydrazine groups is 1. The monoisotopic (exact) mass is 276 g/mol. The molecule has 4 heteroatoms. The molecular weight excluding hydrogens is 256 g/mol. The van der Waals surface area contributed by atoms with Crippen molar-refractivity contribution >= 4 is 11.3 Å². The third-order valence-electron chi connectivity index (χ3n) is 3.03. The molecule has 1 heterocycles. The maximum atomic E-state index is 5.68. The molecule has 0 spiro atoms. The summed E-state index contributed by atoms with van der Waals surface area (Å²) in [7, 11) is 0. The lowest BCUT2D eigenvalue weighted by Gasteiger charge is -2.15. The Kier molecular flexibility index (Phi) is 5.88. The average Bonchev–Trinajstić information content (AvgIpc) is 2.97. The van der Waals surface area contributed by atoms with Crippen LogP contribution >= 0.6 is 11.3 Å². The summed E-state index contributed by atoms with van der Waals surface area (Å²) in [5.74, 6) is 6.50. The lowest BCUT2D eigenvalue weighted by Crippen LogP contribution is -2.36. The minimum absolute atomic E-state index is 0.297. The number of hydrogen-bond donors (Lipinski definition) is 2. The largest absolute Gasteiger partial charge is 0.494 e. The third kappa shape index (κ3) is 5.03. The van der Waals surface area contributed by atoms with E-state index in [9.17, 15) is 0 Å². The van der Waals surface area contributed by atoms with E-state index in [0.717, 1.165) is 25.0 Å². The summed E-state index contributed by atoms with van der Waals surface area (Å²) in [5.41, 5.74) is 2.88. The van der Waals surface area contributed by atoms with Crippen LogP contribution in [0.4, 0.5) is 0 Å². The van der Waals surface area contributed by atoms with Crippen molar-refractivity contribution in [2.45, 2.75) is 25.3 Å². The molecule has 0 saturated heterocycles. The zero-order valence-electron chi connectivity index (χ0n) is 10.9. The van der Waals surface area contributed by atoms with Crippen molar-refractivity contribution in [1.82, 2.24) is 5.43 Å². The van der Waals surface area contributed by atoms with Crippen LogP contribution in [0.15, 0.2) is 47.8 Å². The smallest absolute Gasteiger partial charge is 0.119 e. The maximum Gasteiger partial charge on any atom is 0.119 e. The number of nitrogens with two attached hydrogens (primary N) is 1. The zero-order chi connectivity index (χ0) is 13.3. The van der Waals surface area contributed by atoms with Crippen LogP contribution in [0.2, 0.25) is 0 Å². The van der Waals surface area contributed by atoms with Crippen molar-refractivity contribution in [3.63, 3.8) is 0 Å². The molecule has 0 fully saturated rings. The lowest BCUT2D eigenvalue weighted by molar-refractivity contribution is 0.281. The summed E-state index contributed by atoms with van der Waals surface area (Å²) in [6.07, 6.45) is 3.02. The number of hydrogen-bond acceptors (Lipinski definition) is 4. The van der Waals surface area contributed by atoms with Gasteiger partial charge in [-0.1, -0.05) is 24.3 Å². The van der Waals surface area contributed by atoms with Crippen molar-refractivity contribution in [2.24, 2.45) is 5.84 Å². The van der Waals surface area contributed by atoms with Gasteiger partial charge in [0.2, 0.25) is 0 Å². The molecule has 3 N–H and O–H groups in total. The van der Waals surface area contributed by atoms with Gasteiger partial charge < -0.3 is 4.74 Å². The van der Waals surface area contributed by atoms with Crippen LogP contribution in [0.1, 0.15) is 17.7 Å². The van der Waals surface area contributed by atoms with E-state index in [0.29, 0.717) is 12.6 Å². The zero-order valence-corrected chi connectivity index (χ0v) is 11.7. The van der Waals surface area contributed by atoms with Crippen molar-refractivity contribution in [3.8, 4) is 5.75 Å². The maximum absolute atomic E-state index is 5.68. The van der Waals surface area contributed by atoms with Crippen molar-refractivity contribution in [1.29, 1.82) is 0 Å². The van der Waals surface area contributed by atoms with Gasteiger partial charge in [0.1, 0.15) is 5.75 Å². The molecule has 0 amide bonds. The van der Waals surface area contributed by atoms with E-state index in [2.05, 4.69) is 22.9 Å². The van der Waals surface area contributed by atoms with E-state index < -0.39 is 0 Å². The van der Waals surface area contributed by atoms with E-state index in [1.807, 2.05) is 30.3 Å². The van der Waals surface area contributed by atoms with Gasteiger partial charge in [-0.25, -0.2) is 0 Å². The molecule has 1 aromatic heterocycles. The minimum atomic E-state index is 0.297. The highest BCUT2D eigenvalue weighted by Gasteiger charge is 2.07. The summed E-state index contributed by atoms with van der Waals surface area (Å²) in [6, 6.07) is 14.4. The van der Waals surface area contributed by atoms with Crippen LogP contribution < -0.4 is 16.0 Å². The van der Waals surface area contributed by atoms with Gasteiger partial charge >= 0.3 is 0 Å². The Labute approximate surface area is 118 Å².